The summed E-state index contributed by atoms with van der Waals surface area (Å²) in [5.74, 6) is -5.30. The maximum atomic E-state index is 14.1. The van der Waals surface area contributed by atoms with Crippen molar-refractivity contribution < 1.29 is 43.4 Å². The van der Waals surface area contributed by atoms with Crippen molar-refractivity contribution in [2.45, 2.75) is 89.1 Å². The van der Waals surface area contributed by atoms with Crippen LogP contribution in [0.1, 0.15) is 63.1 Å². The number of ether oxygens (including phenoxy) is 1. The van der Waals surface area contributed by atoms with Crippen molar-refractivity contribution in [3.8, 4) is 0 Å². The predicted molar refractivity (Wildman–Crippen MR) is 233 cm³/mol. The zero-order valence-corrected chi connectivity index (χ0v) is 35.8. The van der Waals surface area contributed by atoms with Gasteiger partial charge in [-0.25, -0.2) is 4.79 Å². The van der Waals surface area contributed by atoms with Crippen LogP contribution in [-0.2, 0) is 46.3 Å². The third-order valence-corrected chi connectivity index (χ3v) is 9.74. The van der Waals surface area contributed by atoms with Gasteiger partial charge >= 0.3 is 12.1 Å². The molecule has 16 nitrogen and oxygen atoms in total. The Kier molecular flexibility index (Phi) is 17.6. The van der Waals surface area contributed by atoms with Gasteiger partial charge in [0.15, 0.2) is 0 Å². The molecule has 0 saturated carbocycles. The highest BCUT2D eigenvalue weighted by atomic mass is 79.9. The van der Waals surface area contributed by atoms with Gasteiger partial charge in [-0.2, -0.15) is 0 Å². The van der Waals surface area contributed by atoms with Gasteiger partial charge in [0, 0.05) is 47.0 Å². The second-order valence-electron chi connectivity index (χ2n) is 15.3. The maximum absolute atomic E-state index is 14.1. The summed E-state index contributed by atoms with van der Waals surface area (Å²) in [5, 5.41) is 23.5. The van der Waals surface area contributed by atoms with Gasteiger partial charge in [0.05, 0.1) is 6.42 Å². The maximum Gasteiger partial charge on any atom is 0.408 e. The normalized spacial score (nSPS) is 13.3. The fourth-order valence-electron chi connectivity index (χ4n) is 6.21. The molecule has 1 heterocycles. The molecule has 0 aliphatic carbocycles. The number of halogens is 1. The van der Waals surface area contributed by atoms with Gasteiger partial charge in [-0.3, -0.25) is 28.8 Å². The van der Waals surface area contributed by atoms with Crippen LogP contribution in [0.3, 0.4) is 0 Å². The SMILES string of the molecule is CC(C)(C)OC(=O)N[C@@H](Cc1c[nH]c2ccccc12)C(=O)N[C@@H](CCCCNC(=O)/C=C\c1ccc(Br)cc1)C(=O)N[C@@H](CC(=O)O)C(=O)N[C@@H](Cc1ccccc1)C(N)=O. The highest BCUT2D eigenvalue weighted by Gasteiger charge is 2.33. The summed E-state index contributed by atoms with van der Waals surface area (Å²) in [6, 6.07) is 17.9. The molecule has 4 rings (SSSR count). The average Bonchev–Trinajstić information content (AvgIpc) is 3.61. The number of hydrogen-bond donors (Lipinski definition) is 8. The number of unbranched alkanes of at least 4 members (excludes halogenated alkanes) is 1. The van der Waals surface area contributed by atoms with Crippen LogP contribution in [0.4, 0.5) is 4.79 Å². The quantitative estimate of drug-likeness (QED) is 0.0444. The molecule has 0 unspecified atom stereocenters. The summed E-state index contributed by atoms with van der Waals surface area (Å²) in [5.41, 5.74) is 7.67. The number of rotatable bonds is 21. The minimum absolute atomic E-state index is 0.00731. The number of para-hydroxylation sites is 1. The van der Waals surface area contributed by atoms with Crippen molar-refractivity contribution in [2.24, 2.45) is 5.73 Å². The van der Waals surface area contributed by atoms with Gasteiger partial charge < -0.3 is 47.1 Å². The van der Waals surface area contributed by atoms with E-state index in [1.807, 2.05) is 48.5 Å². The molecular formula is C44H52BrN7O9. The first-order valence-electron chi connectivity index (χ1n) is 19.7. The van der Waals surface area contributed by atoms with Crippen LogP contribution in [0.2, 0.25) is 0 Å². The fourth-order valence-corrected chi connectivity index (χ4v) is 6.48. The van der Waals surface area contributed by atoms with Gasteiger partial charge in [-0.15, -0.1) is 0 Å². The van der Waals surface area contributed by atoms with Crippen molar-refractivity contribution in [1.82, 2.24) is 31.6 Å². The van der Waals surface area contributed by atoms with E-state index in [-0.39, 0.29) is 38.1 Å². The van der Waals surface area contributed by atoms with Crippen LogP contribution in [0.15, 0.2) is 95.6 Å². The monoisotopic (exact) mass is 901 g/mol. The summed E-state index contributed by atoms with van der Waals surface area (Å²) < 4.78 is 6.35. The lowest BCUT2D eigenvalue weighted by atomic mass is 10.0. The van der Waals surface area contributed by atoms with E-state index in [9.17, 15) is 38.7 Å². The summed E-state index contributed by atoms with van der Waals surface area (Å²) in [6.45, 7) is 5.22. The molecule has 0 fully saturated rings. The van der Waals surface area contributed by atoms with E-state index in [0.717, 1.165) is 20.9 Å². The Bertz CT molecular complexity index is 2190. The first kappa shape index (κ1) is 47.2. The molecule has 3 aromatic carbocycles. The molecule has 324 valence electrons. The number of fused-ring (bicyclic) bond motifs is 1. The third kappa shape index (κ3) is 16.2. The van der Waals surface area contributed by atoms with Crippen molar-refractivity contribution in [1.29, 1.82) is 0 Å². The molecule has 0 bridgehead atoms. The number of nitrogens with one attached hydrogen (secondary N) is 6. The molecule has 0 radical (unpaired) electrons. The molecule has 0 aliphatic rings. The van der Waals surface area contributed by atoms with Gasteiger partial charge in [-0.05, 0) is 81.0 Å². The number of alkyl carbamates (subject to hydrolysis) is 1. The number of primary amides is 1. The molecule has 1 aromatic heterocycles. The van der Waals surface area contributed by atoms with E-state index in [4.69, 9.17) is 10.5 Å². The van der Waals surface area contributed by atoms with Gasteiger partial charge in [0.25, 0.3) is 0 Å². The van der Waals surface area contributed by atoms with Crippen molar-refractivity contribution in [2.75, 3.05) is 6.54 Å². The van der Waals surface area contributed by atoms with Crippen LogP contribution in [-0.4, -0.2) is 88.0 Å². The van der Waals surface area contributed by atoms with E-state index in [0.29, 0.717) is 17.5 Å². The van der Waals surface area contributed by atoms with Crippen molar-refractivity contribution in [3.05, 3.63) is 112 Å². The third-order valence-electron chi connectivity index (χ3n) is 9.21. The molecule has 9 N–H and O–H groups in total. The molecule has 0 saturated heterocycles. The van der Waals surface area contributed by atoms with Gasteiger partial charge in [-0.1, -0.05) is 76.6 Å². The molecule has 0 aliphatic heterocycles. The Balaban J connectivity index is 1.53. The lowest BCUT2D eigenvalue weighted by Gasteiger charge is -2.26. The molecule has 4 atom stereocenters. The number of carbonyl (C=O) groups excluding carboxylic acids is 6. The number of carboxylic acid groups (broad SMARTS) is 1. The summed E-state index contributed by atoms with van der Waals surface area (Å²) >= 11 is 3.37. The predicted octanol–water partition coefficient (Wildman–Crippen LogP) is 4.02. The minimum Gasteiger partial charge on any atom is -0.481 e. The molecule has 0 spiro atoms. The number of carbonyl (C=O) groups is 7. The average molecular weight is 903 g/mol. The van der Waals surface area contributed by atoms with E-state index in [1.165, 1.54) is 6.08 Å². The van der Waals surface area contributed by atoms with Crippen LogP contribution < -0.4 is 32.3 Å². The van der Waals surface area contributed by atoms with Crippen LogP contribution >= 0.6 is 15.9 Å². The first-order valence-corrected chi connectivity index (χ1v) is 20.5. The van der Waals surface area contributed by atoms with E-state index < -0.39 is 71.9 Å². The Morgan fingerprint density at radius 2 is 1.39 bits per heavy atom. The first-order chi connectivity index (χ1) is 29.0. The Morgan fingerprint density at radius 3 is 2.07 bits per heavy atom. The number of amides is 6. The number of nitrogens with two attached hydrogens (primary N) is 1. The summed E-state index contributed by atoms with van der Waals surface area (Å²) in [7, 11) is 0. The molecular weight excluding hydrogens is 850 g/mol. The van der Waals surface area contributed by atoms with Crippen molar-refractivity contribution in [3.63, 3.8) is 0 Å². The van der Waals surface area contributed by atoms with Gasteiger partial charge in [0.2, 0.25) is 29.5 Å². The minimum atomic E-state index is -1.68. The zero-order valence-electron chi connectivity index (χ0n) is 34.2. The molecule has 17 heteroatoms. The van der Waals surface area contributed by atoms with E-state index >= 15 is 0 Å². The highest BCUT2D eigenvalue weighted by Crippen LogP contribution is 2.20. The molecule has 6 amide bonds. The number of benzene rings is 3. The van der Waals surface area contributed by atoms with E-state index in [2.05, 4.69) is 47.5 Å². The number of hydrogen-bond acceptors (Lipinski definition) is 8. The summed E-state index contributed by atoms with van der Waals surface area (Å²) in [4.78, 5) is 94.6. The number of aromatic amines is 1. The topological polar surface area (TPSA) is 251 Å². The number of H-pyrrole nitrogens is 1. The van der Waals surface area contributed by atoms with Crippen LogP contribution in [0.5, 0.6) is 0 Å². The Labute approximate surface area is 362 Å². The Hall–Kier alpha value is -6.49. The highest BCUT2D eigenvalue weighted by molar-refractivity contribution is 9.10. The number of aliphatic carboxylic acids is 1. The largest absolute Gasteiger partial charge is 0.481 e. The number of aromatic nitrogens is 1. The molecule has 4 aromatic rings. The van der Waals surface area contributed by atoms with E-state index in [1.54, 1.807) is 63.4 Å². The van der Waals surface area contributed by atoms with Crippen LogP contribution in [0, 0.1) is 0 Å². The number of carboxylic acids is 1. The Morgan fingerprint density at radius 1 is 0.770 bits per heavy atom. The smallest absolute Gasteiger partial charge is 0.408 e. The van der Waals surface area contributed by atoms with Gasteiger partial charge in [0.1, 0.15) is 29.8 Å². The fraction of sp³-hybridized carbons (Fsp3) is 0.341. The lowest BCUT2D eigenvalue weighted by molar-refractivity contribution is -0.141. The summed E-state index contributed by atoms with van der Waals surface area (Å²) in [6.07, 6.45) is 3.64. The lowest BCUT2D eigenvalue weighted by Crippen LogP contribution is -2.59. The second kappa shape index (κ2) is 22.8. The van der Waals surface area contributed by atoms with Crippen LogP contribution in [0.25, 0.3) is 17.0 Å². The second-order valence-corrected chi connectivity index (χ2v) is 16.2. The standard InChI is InChI=1S/C44H52BrN7O9/c1-44(2,3)61-43(60)52-35(24-29-26-48-32-14-8-7-13-31(29)32)41(58)49-33(15-9-10-22-47-37(53)21-18-27-16-19-30(45)20-17-27)40(57)51-36(25-38(54)55)42(59)50-34(39(46)56)23-28-11-5-4-6-12-28/h4-8,11-14,16-21,26,33-36,48H,9-10,15,22-25H2,1-3H3,(H2,46,56)(H,47,53)(H,49,58)(H,50,59)(H,51,57)(H,52,60)(H,54,55)/b21-18-/t33-,34-,35-,36-/m0/s1. The molecule has 61 heavy (non-hydrogen) atoms. The van der Waals surface area contributed by atoms with Crippen molar-refractivity contribution >= 4 is 74.5 Å². The zero-order chi connectivity index (χ0) is 44.5.